The van der Waals surface area contributed by atoms with Crippen molar-refractivity contribution >= 4 is 46.3 Å². The van der Waals surface area contributed by atoms with Crippen molar-refractivity contribution in [2.45, 2.75) is 6.04 Å². The number of halogens is 2. The fourth-order valence-electron chi connectivity index (χ4n) is 3.64. The van der Waals surface area contributed by atoms with Gasteiger partial charge in [0.15, 0.2) is 0 Å². The smallest absolute Gasteiger partial charge is 0.300 e. The zero-order valence-corrected chi connectivity index (χ0v) is 18.1. The Bertz CT molecular complexity index is 1260. The lowest BCUT2D eigenvalue weighted by Crippen LogP contribution is -2.29. The summed E-state index contributed by atoms with van der Waals surface area (Å²) in [7, 11) is 1.41. The minimum absolute atomic E-state index is 0.0264. The molecule has 32 heavy (non-hydrogen) atoms. The van der Waals surface area contributed by atoms with E-state index in [9.17, 15) is 19.8 Å². The fraction of sp³-hybridized carbons (Fsp3) is 0.0870. The second kappa shape index (κ2) is 8.53. The van der Waals surface area contributed by atoms with Crippen LogP contribution in [-0.4, -0.2) is 34.0 Å². The lowest BCUT2D eigenvalue weighted by molar-refractivity contribution is -0.132. The number of aromatic nitrogens is 1. The van der Waals surface area contributed by atoms with Gasteiger partial charge in [-0.15, -0.1) is 0 Å². The molecule has 0 spiro atoms. The van der Waals surface area contributed by atoms with E-state index in [1.807, 2.05) is 0 Å². The number of rotatable bonds is 4. The lowest BCUT2D eigenvalue weighted by Gasteiger charge is -2.26. The molecule has 0 aliphatic carbocycles. The van der Waals surface area contributed by atoms with E-state index in [0.717, 1.165) is 4.90 Å². The number of ether oxygens (including phenoxy) is 1. The Morgan fingerprint density at radius 1 is 1.03 bits per heavy atom. The van der Waals surface area contributed by atoms with E-state index >= 15 is 0 Å². The molecule has 2 aromatic carbocycles. The summed E-state index contributed by atoms with van der Waals surface area (Å²) in [5, 5.41) is 22.2. The molecule has 162 valence electrons. The van der Waals surface area contributed by atoms with Crippen molar-refractivity contribution in [3.05, 3.63) is 87.7 Å². The summed E-state index contributed by atoms with van der Waals surface area (Å²) in [4.78, 5) is 31.4. The van der Waals surface area contributed by atoms with Crippen molar-refractivity contribution in [2.24, 2.45) is 0 Å². The molecule has 1 aromatic heterocycles. The number of carbonyl (C=O) groups excluding carboxylic acids is 2. The first-order chi connectivity index (χ1) is 15.3. The predicted molar refractivity (Wildman–Crippen MR) is 120 cm³/mol. The van der Waals surface area contributed by atoms with Crippen molar-refractivity contribution < 1.29 is 24.5 Å². The van der Waals surface area contributed by atoms with Gasteiger partial charge in [-0.25, -0.2) is 0 Å². The van der Waals surface area contributed by atoms with Crippen LogP contribution in [-0.2, 0) is 9.59 Å². The molecule has 9 heteroatoms. The van der Waals surface area contributed by atoms with Crippen LogP contribution in [0, 0.1) is 0 Å². The van der Waals surface area contributed by atoms with Crippen LogP contribution in [0.3, 0.4) is 0 Å². The first kappa shape index (κ1) is 21.7. The molecule has 1 fully saturated rings. The number of phenolic OH excluding ortho intramolecular Hbond substituents is 1. The molecule has 1 aliphatic heterocycles. The first-order valence-corrected chi connectivity index (χ1v) is 10.1. The molecule has 7 nitrogen and oxygen atoms in total. The average Bonchev–Trinajstić information content (AvgIpc) is 3.06. The number of ketones is 1. The number of pyridine rings is 1. The number of hydrogen-bond donors (Lipinski definition) is 2. The van der Waals surface area contributed by atoms with Crippen molar-refractivity contribution in [1.29, 1.82) is 0 Å². The van der Waals surface area contributed by atoms with Crippen molar-refractivity contribution in [1.82, 2.24) is 4.98 Å². The van der Waals surface area contributed by atoms with Gasteiger partial charge in [-0.2, -0.15) is 0 Å². The number of hydrogen-bond acceptors (Lipinski definition) is 6. The van der Waals surface area contributed by atoms with Gasteiger partial charge in [-0.1, -0.05) is 23.2 Å². The van der Waals surface area contributed by atoms with Gasteiger partial charge in [0.2, 0.25) is 0 Å². The minimum atomic E-state index is -1.06. The molecule has 0 saturated carbocycles. The van der Waals surface area contributed by atoms with Gasteiger partial charge < -0.3 is 14.9 Å². The molecular weight excluding hydrogens is 455 g/mol. The molecule has 2 N–H and O–H groups in total. The second-order valence-electron chi connectivity index (χ2n) is 6.93. The highest BCUT2D eigenvalue weighted by molar-refractivity contribution is 6.52. The van der Waals surface area contributed by atoms with Gasteiger partial charge in [0, 0.05) is 22.4 Å². The summed E-state index contributed by atoms with van der Waals surface area (Å²) in [6.45, 7) is 0. The maximum Gasteiger partial charge on any atom is 0.300 e. The third-order valence-electron chi connectivity index (χ3n) is 5.08. The third-order valence-corrected chi connectivity index (χ3v) is 5.55. The molecule has 1 aliphatic rings. The average molecular weight is 471 g/mol. The van der Waals surface area contributed by atoms with Gasteiger partial charge in [0.05, 0.1) is 30.0 Å². The van der Waals surface area contributed by atoms with Crippen LogP contribution < -0.4 is 9.64 Å². The van der Waals surface area contributed by atoms with E-state index in [2.05, 4.69) is 4.98 Å². The van der Waals surface area contributed by atoms with E-state index in [4.69, 9.17) is 27.9 Å². The number of anilines is 1. The number of carbonyl (C=O) groups is 2. The summed E-state index contributed by atoms with van der Waals surface area (Å²) in [6.07, 6.45) is 2.99. The maximum atomic E-state index is 13.2. The van der Waals surface area contributed by atoms with Crippen molar-refractivity contribution in [2.75, 3.05) is 12.0 Å². The third kappa shape index (κ3) is 3.66. The molecule has 1 atom stereocenters. The Kier molecular flexibility index (Phi) is 5.78. The topological polar surface area (TPSA) is 100.0 Å². The minimum Gasteiger partial charge on any atom is -0.507 e. The largest absolute Gasteiger partial charge is 0.507 e. The zero-order valence-electron chi connectivity index (χ0n) is 16.6. The molecule has 0 bridgehead atoms. The molecular formula is C23H16Cl2N2O5. The summed E-state index contributed by atoms with van der Waals surface area (Å²) in [5.74, 6) is -2.33. The monoisotopic (exact) mass is 470 g/mol. The molecule has 2 heterocycles. The van der Waals surface area contributed by atoms with Crippen LogP contribution in [0.1, 0.15) is 17.2 Å². The van der Waals surface area contributed by atoms with Gasteiger partial charge >= 0.3 is 0 Å². The number of aliphatic hydroxyl groups is 1. The van der Waals surface area contributed by atoms with Crippen LogP contribution in [0.25, 0.3) is 5.76 Å². The van der Waals surface area contributed by atoms with E-state index in [1.54, 1.807) is 18.2 Å². The molecule has 3 aromatic rings. The highest BCUT2D eigenvalue weighted by Gasteiger charge is 2.48. The highest BCUT2D eigenvalue weighted by atomic mass is 35.5. The molecule has 1 amide bonds. The normalized spacial score (nSPS) is 17.6. The van der Waals surface area contributed by atoms with Gasteiger partial charge in [-0.3, -0.25) is 19.5 Å². The van der Waals surface area contributed by atoms with Crippen LogP contribution in [0.5, 0.6) is 11.5 Å². The Hall–Kier alpha value is -3.55. The van der Waals surface area contributed by atoms with E-state index in [-0.39, 0.29) is 33.3 Å². The molecule has 4 rings (SSSR count). The molecule has 1 unspecified atom stereocenters. The quantitative estimate of drug-likeness (QED) is 0.324. The summed E-state index contributed by atoms with van der Waals surface area (Å²) in [6, 6.07) is 10.8. The van der Waals surface area contributed by atoms with E-state index in [1.165, 1.54) is 49.8 Å². The van der Waals surface area contributed by atoms with Gasteiger partial charge in [0.1, 0.15) is 17.3 Å². The number of Topliss-reactive ketones (excluding diaryl/α,β-unsaturated/α-hetero) is 1. The number of phenols is 1. The number of methoxy groups -OCH3 is 1. The lowest BCUT2D eigenvalue weighted by atomic mass is 9.95. The van der Waals surface area contributed by atoms with Crippen LogP contribution in [0.4, 0.5) is 5.69 Å². The number of benzene rings is 2. The standard InChI is InChI=1S/C23H16Cl2N2O5/c1-32-18-5-3-13(24)10-15(18)21(29)19-20(12-6-8-26-9-7-12)27(23(31)22(19)30)16-11-14(25)2-4-17(16)28/h2-11,20,28-29H,1H3/b21-19+. The Labute approximate surface area is 193 Å². The van der Waals surface area contributed by atoms with Crippen molar-refractivity contribution in [3.8, 4) is 11.5 Å². The highest BCUT2D eigenvalue weighted by Crippen LogP contribution is 2.46. The van der Waals surface area contributed by atoms with Gasteiger partial charge in [-0.05, 0) is 54.1 Å². The second-order valence-corrected chi connectivity index (χ2v) is 7.80. The van der Waals surface area contributed by atoms with Crippen LogP contribution >= 0.6 is 23.2 Å². The number of nitrogens with zero attached hydrogens (tertiary/aromatic N) is 2. The summed E-state index contributed by atoms with van der Waals surface area (Å²) >= 11 is 12.2. The Morgan fingerprint density at radius 3 is 2.38 bits per heavy atom. The van der Waals surface area contributed by atoms with E-state index < -0.39 is 23.5 Å². The van der Waals surface area contributed by atoms with Crippen LogP contribution in [0.15, 0.2) is 66.5 Å². The van der Waals surface area contributed by atoms with Crippen molar-refractivity contribution in [3.63, 3.8) is 0 Å². The summed E-state index contributed by atoms with van der Waals surface area (Å²) in [5.41, 5.74) is 0.466. The summed E-state index contributed by atoms with van der Waals surface area (Å²) < 4.78 is 5.30. The maximum absolute atomic E-state index is 13.2. The predicted octanol–water partition coefficient (Wildman–Crippen LogP) is 4.73. The van der Waals surface area contributed by atoms with Gasteiger partial charge in [0.25, 0.3) is 11.7 Å². The number of aromatic hydroxyl groups is 1. The SMILES string of the molecule is COc1ccc(Cl)cc1/C(O)=C1\C(=O)C(=O)N(c2cc(Cl)ccc2O)C1c1ccncc1. The zero-order chi connectivity index (χ0) is 23.0. The Morgan fingerprint density at radius 2 is 1.69 bits per heavy atom. The molecule has 1 saturated heterocycles. The van der Waals surface area contributed by atoms with E-state index in [0.29, 0.717) is 10.6 Å². The fourth-order valence-corrected chi connectivity index (χ4v) is 3.98. The first-order valence-electron chi connectivity index (χ1n) is 9.37. The Balaban J connectivity index is 2.01. The van der Waals surface area contributed by atoms with Crippen LogP contribution in [0.2, 0.25) is 10.0 Å². The number of amides is 1. The molecule has 0 radical (unpaired) electrons. The number of aliphatic hydroxyl groups excluding tert-OH is 1.